The fraction of sp³-hybridized carbons (Fsp3) is 0.0312. The van der Waals surface area contributed by atoms with Crippen molar-refractivity contribution in [3.63, 3.8) is 0 Å². The molecule has 0 amide bonds. The SMILES string of the molecule is CC(=O)c1ccc(-n2c3ccccc3c3cc(N(c4ccc(-c5ccc(-c6ccc(-c7ccccc7)cc6)cc5)cc4)c4ccc5c(c4)c4ccccc4n5-c4ccc(C(C)=O)cc4)ccc32)cc1. The molecule has 5 heteroatoms. The van der Waals surface area contributed by atoms with Gasteiger partial charge in [0.25, 0.3) is 0 Å². The Kier molecular flexibility index (Phi) is 10.2. The molecule has 0 spiro atoms. The van der Waals surface area contributed by atoms with Gasteiger partial charge in [-0.1, -0.05) is 127 Å². The number of carbonyl (C=O) groups excluding carboxylic acids is 2. The van der Waals surface area contributed by atoms with Crippen molar-refractivity contribution in [3.8, 4) is 44.8 Å². The fourth-order valence-electron chi connectivity index (χ4n) is 10.0. The lowest BCUT2D eigenvalue weighted by Crippen LogP contribution is -2.10. The van der Waals surface area contributed by atoms with Gasteiger partial charge in [0.2, 0.25) is 0 Å². The van der Waals surface area contributed by atoms with Gasteiger partial charge in [-0.3, -0.25) is 9.59 Å². The van der Waals surface area contributed by atoms with E-state index in [9.17, 15) is 9.59 Å². The van der Waals surface area contributed by atoms with E-state index in [0.717, 1.165) is 83.2 Å². The number of hydrogen-bond donors (Lipinski definition) is 0. The third-order valence-corrected chi connectivity index (χ3v) is 13.6. The number of carbonyl (C=O) groups is 2. The molecule has 69 heavy (non-hydrogen) atoms. The van der Waals surface area contributed by atoms with E-state index in [4.69, 9.17) is 0 Å². The largest absolute Gasteiger partial charge is 0.310 e. The lowest BCUT2D eigenvalue weighted by Gasteiger charge is -2.26. The van der Waals surface area contributed by atoms with Gasteiger partial charge in [-0.25, -0.2) is 0 Å². The van der Waals surface area contributed by atoms with Crippen molar-refractivity contribution in [2.24, 2.45) is 0 Å². The predicted molar refractivity (Wildman–Crippen MR) is 286 cm³/mol. The van der Waals surface area contributed by atoms with Crippen LogP contribution in [0.4, 0.5) is 17.1 Å². The Hall–Kier alpha value is -9.06. The summed E-state index contributed by atoms with van der Waals surface area (Å²) in [6.45, 7) is 3.21. The van der Waals surface area contributed by atoms with E-state index in [-0.39, 0.29) is 11.6 Å². The van der Waals surface area contributed by atoms with E-state index < -0.39 is 0 Å². The minimum atomic E-state index is 0.0477. The summed E-state index contributed by atoms with van der Waals surface area (Å²) in [5.41, 5.74) is 17.9. The molecule has 0 fully saturated rings. The van der Waals surface area contributed by atoms with Crippen LogP contribution in [0, 0.1) is 0 Å². The summed E-state index contributed by atoms with van der Waals surface area (Å²) in [6.07, 6.45) is 0. The zero-order valence-corrected chi connectivity index (χ0v) is 38.2. The maximum atomic E-state index is 12.2. The molecule has 5 nitrogen and oxygen atoms in total. The van der Waals surface area contributed by atoms with Gasteiger partial charge >= 0.3 is 0 Å². The molecule has 0 aliphatic carbocycles. The highest BCUT2D eigenvalue weighted by molar-refractivity contribution is 6.12. The molecule has 0 saturated heterocycles. The van der Waals surface area contributed by atoms with Crippen LogP contribution < -0.4 is 4.90 Å². The molecule has 10 aromatic carbocycles. The van der Waals surface area contributed by atoms with Crippen LogP contribution in [0.15, 0.2) is 237 Å². The van der Waals surface area contributed by atoms with Crippen molar-refractivity contribution in [1.82, 2.24) is 9.13 Å². The molecule has 2 heterocycles. The molecule has 0 unspecified atom stereocenters. The normalized spacial score (nSPS) is 11.4. The van der Waals surface area contributed by atoms with Gasteiger partial charge in [-0.15, -0.1) is 0 Å². The van der Waals surface area contributed by atoms with Crippen molar-refractivity contribution < 1.29 is 9.59 Å². The lowest BCUT2D eigenvalue weighted by molar-refractivity contribution is 0.100. The zero-order valence-electron chi connectivity index (χ0n) is 38.2. The number of para-hydroxylation sites is 2. The Morgan fingerprint density at radius 1 is 0.304 bits per heavy atom. The van der Waals surface area contributed by atoms with Crippen molar-refractivity contribution in [3.05, 3.63) is 248 Å². The number of aromatic nitrogens is 2. The first-order valence-corrected chi connectivity index (χ1v) is 23.3. The molecule has 0 N–H and O–H groups in total. The maximum absolute atomic E-state index is 12.2. The van der Waals surface area contributed by atoms with Crippen LogP contribution >= 0.6 is 0 Å². The molecular weight excluding hydrogens is 843 g/mol. The second-order valence-corrected chi connectivity index (χ2v) is 17.7. The molecule has 12 aromatic rings. The van der Waals surface area contributed by atoms with E-state index in [0.29, 0.717) is 11.1 Å². The van der Waals surface area contributed by atoms with Crippen LogP contribution in [0.25, 0.3) is 88.4 Å². The fourth-order valence-corrected chi connectivity index (χ4v) is 10.0. The van der Waals surface area contributed by atoms with E-state index in [1.807, 2.05) is 54.6 Å². The number of hydrogen-bond acceptors (Lipinski definition) is 3. The third-order valence-electron chi connectivity index (χ3n) is 13.6. The van der Waals surface area contributed by atoms with Gasteiger partial charge in [-0.2, -0.15) is 0 Å². The number of anilines is 3. The average Bonchev–Trinajstić information content (AvgIpc) is 3.92. The van der Waals surface area contributed by atoms with E-state index in [1.165, 1.54) is 22.3 Å². The van der Waals surface area contributed by atoms with E-state index in [2.05, 4.69) is 196 Å². The second-order valence-electron chi connectivity index (χ2n) is 17.7. The van der Waals surface area contributed by atoms with Gasteiger partial charge in [0, 0.05) is 61.1 Å². The summed E-state index contributed by atoms with van der Waals surface area (Å²) in [5, 5.41) is 4.54. The molecule has 0 atom stereocenters. The molecule has 0 bridgehead atoms. The molecular formula is C64H45N3O2. The third kappa shape index (κ3) is 7.38. The first-order chi connectivity index (χ1) is 33.9. The highest BCUT2D eigenvalue weighted by atomic mass is 16.1. The molecule has 12 rings (SSSR count). The average molecular weight is 888 g/mol. The minimum absolute atomic E-state index is 0.0477. The number of rotatable bonds is 10. The topological polar surface area (TPSA) is 47.2 Å². The molecule has 328 valence electrons. The summed E-state index contributed by atoms with van der Waals surface area (Å²) in [4.78, 5) is 26.8. The number of fused-ring (bicyclic) bond motifs is 6. The summed E-state index contributed by atoms with van der Waals surface area (Å²) in [5.74, 6) is 0.0955. The van der Waals surface area contributed by atoms with Gasteiger partial charge in [-0.05, 0) is 156 Å². The first-order valence-electron chi connectivity index (χ1n) is 23.3. The van der Waals surface area contributed by atoms with E-state index in [1.54, 1.807) is 13.8 Å². The van der Waals surface area contributed by atoms with Gasteiger partial charge in [0.15, 0.2) is 11.6 Å². The van der Waals surface area contributed by atoms with Crippen LogP contribution in [-0.2, 0) is 0 Å². The van der Waals surface area contributed by atoms with Crippen molar-refractivity contribution in [2.45, 2.75) is 13.8 Å². The highest BCUT2D eigenvalue weighted by Gasteiger charge is 2.20. The molecule has 0 saturated carbocycles. The van der Waals surface area contributed by atoms with Crippen molar-refractivity contribution >= 4 is 72.2 Å². The van der Waals surface area contributed by atoms with Crippen LogP contribution in [0.1, 0.15) is 34.6 Å². The van der Waals surface area contributed by atoms with E-state index >= 15 is 0 Å². The van der Waals surface area contributed by atoms with Crippen molar-refractivity contribution in [1.29, 1.82) is 0 Å². The van der Waals surface area contributed by atoms with Crippen LogP contribution in [0.3, 0.4) is 0 Å². The second kappa shape index (κ2) is 17.0. The summed E-state index contributed by atoms with van der Waals surface area (Å²) < 4.78 is 4.57. The lowest BCUT2D eigenvalue weighted by atomic mass is 9.98. The molecule has 0 radical (unpaired) electrons. The van der Waals surface area contributed by atoms with Crippen LogP contribution in [-0.4, -0.2) is 20.7 Å². The molecule has 0 aliphatic rings. The summed E-state index contributed by atoms with van der Waals surface area (Å²) in [7, 11) is 0. The Bertz CT molecular complexity index is 3730. The zero-order chi connectivity index (χ0) is 46.6. The number of ketones is 2. The van der Waals surface area contributed by atoms with Crippen molar-refractivity contribution in [2.75, 3.05) is 4.90 Å². The minimum Gasteiger partial charge on any atom is -0.310 e. The Morgan fingerprint density at radius 3 is 1.01 bits per heavy atom. The Balaban J connectivity index is 0.968. The standard InChI is InChI=1S/C64H45N3O2/c1-42(68)44-24-30-53(31-25-44)66-61-14-8-6-12-57(61)59-40-55(36-38-63(59)66)65(56-37-39-64-60(41-56)58-13-7-9-15-62(58)67(64)54-32-26-45(27-33-54)43(2)69)52-34-28-51(29-35-52)50-22-20-49(21-23-50)48-18-16-47(17-19-48)46-10-4-3-5-11-46/h3-41H,1-2H3. The quantitative estimate of drug-likeness (QED) is 0.129. The highest BCUT2D eigenvalue weighted by Crippen LogP contribution is 2.43. The summed E-state index contributed by atoms with van der Waals surface area (Å²) >= 11 is 0. The monoisotopic (exact) mass is 887 g/mol. The number of benzene rings is 10. The van der Waals surface area contributed by atoms with Crippen LogP contribution in [0.2, 0.25) is 0 Å². The Morgan fingerprint density at radius 2 is 0.623 bits per heavy atom. The van der Waals surface area contributed by atoms with Crippen LogP contribution in [0.5, 0.6) is 0 Å². The first kappa shape index (κ1) is 41.4. The predicted octanol–water partition coefficient (Wildman–Crippen LogP) is 16.8. The van der Waals surface area contributed by atoms with Gasteiger partial charge in [0.05, 0.1) is 22.1 Å². The summed E-state index contributed by atoms with van der Waals surface area (Å²) in [6, 6.07) is 83.3. The number of nitrogens with zero attached hydrogens (tertiary/aromatic N) is 3. The van der Waals surface area contributed by atoms with Gasteiger partial charge in [0.1, 0.15) is 0 Å². The maximum Gasteiger partial charge on any atom is 0.159 e. The molecule has 2 aromatic heterocycles. The number of Topliss-reactive ketones (excluding diaryl/α,β-unsaturated/α-hetero) is 2. The smallest absolute Gasteiger partial charge is 0.159 e. The molecule has 0 aliphatic heterocycles. The Labute approximate surface area is 400 Å². The van der Waals surface area contributed by atoms with Gasteiger partial charge < -0.3 is 14.0 Å².